The van der Waals surface area contributed by atoms with Gasteiger partial charge in [0.1, 0.15) is 23.6 Å². The van der Waals surface area contributed by atoms with Crippen LogP contribution in [0.25, 0.3) is 21.9 Å². The zero-order valence-corrected chi connectivity index (χ0v) is 13.5. The average Bonchev–Trinajstić information content (AvgIpc) is 3.12. The molecule has 7 heteroatoms. The van der Waals surface area contributed by atoms with Gasteiger partial charge in [0, 0.05) is 23.9 Å². The van der Waals surface area contributed by atoms with Gasteiger partial charge in [-0.25, -0.2) is 14.4 Å². The Labute approximate surface area is 142 Å². The number of carboxylic acids is 1. The number of fused-ring (bicyclic) bond motifs is 3. The molecule has 1 aliphatic heterocycles. The van der Waals surface area contributed by atoms with Gasteiger partial charge < -0.3 is 15.0 Å². The van der Waals surface area contributed by atoms with Crippen molar-refractivity contribution in [2.45, 2.75) is 19.3 Å². The molecule has 3 aromatic rings. The number of aliphatic carboxylic acids is 1. The van der Waals surface area contributed by atoms with Crippen molar-refractivity contribution in [3.63, 3.8) is 0 Å². The summed E-state index contributed by atoms with van der Waals surface area (Å²) in [5.41, 5.74) is 1.18. The molecule has 1 spiro atoms. The van der Waals surface area contributed by atoms with Crippen LogP contribution in [0.2, 0.25) is 0 Å². The van der Waals surface area contributed by atoms with Crippen molar-refractivity contribution in [2.24, 2.45) is 11.3 Å². The molecule has 2 aromatic heterocycles. The maximum absolute atomic E-state index is 13.5. The highest BCUT2D eigenvalue weighted by Gasteiger charge is 2.54. The van der Waals surface area contributed by atoms with Crippen LogP contribution in [-0.2, 0) is 4.79 Å². The molecule has 128 valence electrons. The van der Waals surface area contributed by atoms with Crippen LogP contribution in [0, 0.1) is 17.2 Å². The van der Waals surface area contributed by atoms with Gasteiger partial charge in [-0.2, -0.15) is 0 Å². The van der Waals surface area contributed by atoms with Gasteiger partial charge in [0.25, 0.3) is 0 Å². The smallest absolute Gasteiger partial charge is 0.308 e. The van der Waals surface area contributed by atoms with E-state index in [9.17, 15) is 14.3 Å². The maximum Gasteiger partial charge on any atom is 0.308 e. The summed E-state index contributed by atoms with van der Waals surface area (Å²) in [6.45, 7) is 1.15. The van der Waals surface area contributed by atoms with Crippen LogP contribution in [0.4, 0.5) is 10.2 Å². The second-order valence-corrected chi connectivity index (χ2v) is 7.22. The summed E-state index contributed by atoms with van der Waals surface area (Å²) in [6.07, 6.45) is 4.47. The summed E-state index contributed by atoms with van der Waals surface area (Å²) in [5.74, 6) is -0.672. The molecule has 0 amide bonds. The van der Waals surface area contributed by atoms with Crippen molar-refractivity contribution in [2.75, 3.05) is 18.0 Å². The molecule has 3 heterocycles. The number of nitrogens with one attached hydrogen (secondary N) is 1. The standard InChI is InChI=1S/C18H17FN4O2/c19-10-2-3-11-13(6-10)22-15-14(11)16(21-9-20-15)23-7-12(17(24)25)18(8-23)4-1-5-18/h2-3,6,9,12H,1,4-5,7-8H2,(H,24,25)(H,20,21,22)/t12-/m0/s1. The lowest BCUT2D eigenvalue weighted by atomic mass is 9.63. The van der Waals surface area contributed by atoms with Gasteiger partial charge in [-0.15, -0.1) is 0 Å². The van der Waals surface area contributed by atoms with Gasteiger partial charge in [0.05, 0.1) is 16.8 Å². The summed E-state index contributed by atoms with van der Waals surface area (Å²) < 4.78 is 13.5. The number of nitrogens with zero attached hydrogens (tertiary/aromatic N) is 3. The van der Waals surface area contributed by atoms with E-state index in [2.05, 4.69) is 19.9 Å². The molecule has 1 aliphatic carbocycles. The quantitative estimate of drug-likeness (QED) is 0.749. The highest BCUT2D eigenvalue weighted by atomic mass is 19.1. The second kappa shape index (κ2) is 4.91. The Kier molecular flexibility index (Phi) is 2.87. The SMILES string of the molecule is O=C(O)[C@@H]1CN(c2ncnc3[nH]c4cc(F)ccc4c23)CC12CCC2. The van der Waals surface area contributed by atoms with Crippen molar-refractivity contribution in [1.82, 2.24) is 15.0 Å². The Hall–Kier alpha value is -2.70. The third kappa shape index (κ3) is 1.98. The van der Waals surface area contributed by atoms with Crippen LogP contribution in [-0.4, -0.2) is 39.1 Å². The summed E-state index contributed by atoms with van der Waals surface area (Å²) in [6, 6.07) is 4.59. The third-order valence-electron chi connectivity index (χ3n) is 5.93. The van der Waals surface area contributed by atoms with E-state index in [4.69, 9.17) is 0 Å². The summed E-state index contributed by atoms with van der Waals surface area (Å²) in [4.78, 5) is 25.7. The molecule has 2 N–H and O–H groups in total. The van der Waals surface area contributed by atoms with Gasteiger partial charge in [0.15, 0.2) is 0 Å². The first-order chi connectivity index (χ1) is 12.1. The lowest BCUT2D eigenvalue weighted by Gasteiger charge is -2.41. The molecule has 2 aliphatic rings. The number of carboxylic acid groups (broad SMARTS) is 1. The van der Waals surface area contributed by atoms with Crippen LogP contribution in [0.5, 0.6) is 0 Å². The number of anilines is 1. The molecule has 0 unspecified atom stereocenters. The normalized spacial score (nSPS) is 22.0. The van der Waals surface area contributed by atoms with Crippen molar-refractivity contribution in [1.29, 1.82) is 0 Å². The third-order valence-corrected chi connectivity index (χ3v) is 5.93. The number of hydrogen-bond acceptors (Lipinski definition) is 4. The zero-order valence-electron chi connectivity index (χ0n) is 13.5. The fourth-order valence-electron chi connectivity index (χ4n) is 4.53. The fraction of sp³-hybridized carbons (Fsp3) is 0.389. The molecular weight excluding hydrogens is 323 g/mol. The van der Waals surface area contributed by atoms with E-state index in [1.807, 2.05) is 0 Å². The summed E-state index contributed by atoms with van der Waals surface area (Å²) in [7, 11) is 0. The highest BCUT2D eigenvalue weighted by Crippen LogP contribution is 2.53. The van der Waals surface area contributed by atoms with E-state index in [1.165, 1.54) is 18.5 Å². The molecule has 1 saturated carbocycles. The molecule has 25 heavy (non-hydrogen) atoms. The Morgan fingerprint density at radius 3 is 2.88 bits per heavy atom. The highest BCUT2D eigenvalue weighted by molar-refractivity contribution is 6.11. The fourth-order valence-corrected chi connectivity index (χ4v) is 4.53. The molecule has 6 nitrogen and oxygen atoms in total. The predicted octanol–water partition coefficient (Wildman–Crippen LogP) is 2.94. The Bertz CT molecular complexity index is 1010. The molecule has 5 rings (SSSR count). The van der Waals surface area contributed by atoms with Gasteiger partial charge >= 0.3 is 5.97 Å². The minimum absolute atomic E-state index is 0.138. The number of benzene rings is 1. The topological polar surface area (TPSA) is 82.1 Å². The van der Waals surface area contributed by atoms with E-state index in [-0.39, 0.29) is 17.2 Å². The van der Waals surface area contributed by atoms with Crippen LogP contribution in [0.15, 0.2) is 24.5 Å². The van der Waals surface area contributed by atoms with E-state index in [0.717, 1.165) is 35.9 Å². The van der Waals surface area contributed by atoms with E-state index >= 15 is 0 Å². The van der Waals surface area contributed by atoms with E-state index < -0.39 is 5.97 Å². The largest absolute Gasteiger partial charge is 0.481 e. The first-order valence-corrected chi connectivity index (χ1v) is 8.47. The Balaban J connectivity index is 1.66. The number of rotatable bonds is 2. The maximum atomic E-state index is 13.5. The molecule has 1 saturated heterocycles. The van der Waals surface area contributed by atoms with Crippen LogP contribution in [0.1, 0.15) is 19.3 Å². The number of H-pyrrole nitrogens is 1. The van der Waals surface area contributed by atoms with Crippen LogP contribution >= 0.6 is 0 Å². The number of halogens is 1. The molecule has 1 aromatic carbocycles. The Morgan fingerprint density at radius 1 is 1.36 bits per heavy atom. The predicted molar refractivity (Wildman–Crippen MR) is 91.0 cm³/mol. The molecule has 0 radical (unpaired) electrons. The van der Waals surface area contributed by atoms with Crippen LogP contribution < -0.4 is 4.90 Å². The van der Waals surface area contributed by atoms with Crippen LogP contribution in [0.3, 0.4) is 0 Å². The zero-order chi connectivity index (χ0) is 17.2. The Morgan fingerprint density at radius 2 is 2.20 bits per heavy atom. The van der Waals surface area contributed by atoms with Gasteiger partial charge in [0.2, 0.25) is 0 Å². The lowest BCUT2D eigenvalue weighted by molar-refractivity contribution is -0.146. The van der Waals surface area contributed by atoms with Crippen molar-refractivity contribution in [3.8, 4) is 0 Å². The average molecular weight is 340 g/mol. The number of hydrogen-bond donors (Lipinski definition) is 2. The van der Waals surface area contributed by atoms with E-state index in [0.29, 0.717) is 24.3 Å². The summed E-state index contributed by atoms with van der Waals surface area (Å²) >= 11 is 0. The first kappa shape index (κ1) is 14.6. The number of aromatic nitrogens is 3. The first-order valence-electron chi connectivity index (χ1n) is 8.47. The van der Waals surface area contributed by atoms with Crippen molar-refractivity contribution in [3.05, 3.63) is 30.3 Å². The van der Waals surface area contributed by atoms with E-state index in [1.54, 1.807) is 6.07 Å². The molecule has 0 bridgehead atoms. The van der Waals surface area contributed by atoms with Gasteiger partial charge in [-0.1, -0.05) is 6.42 Å². The van der Waals surface area contributed by atoms with Gasteiger partial charge in [-0.05, 0) is 31.0 Å². The van der Waals surface area contributed by atoms with Gasteiger partial charge in [-0.3, -0.25) is 4.79 Å². The van der Waals surface area contributed by atoms with Crippen molar-refractivity contribution >= 4 is 33.7 Å². The molecule has 1 atom stereocenters. The summed E-state index contributed by atoms with van der Waals surface area (Å²) in [5, 5.41) is 11.3. The second-order valence-electron chi connectivity index (χ2n) is 7.22. The lowest BCUT2D eigenvalue weighted by Crippen LogP contribution is -2.40. The number of aromatic amines is 1. The minimum Gasteiger partial charge on any atom is -0.481 e. The minimum atomic E-state index is -0.728. The number of carbonyl (C=O) groups is 1. The molecular formula is C18H17FN4O2. The monoisotopic (exact) mass is 340 g/mol. The molecule has 2 fully saturated rings. The van der Waals surface area contributed by atoms with Crippen molar-refractivity contribution < 1.29 is 14.3 Å².